The van der Waals surface area contributed by atoms with Crippen molar-refractivity contribution in [3.05, 3.63) is 20.9 Å². The van der Waals surface area contributed by atoms with E-state index in [9.17, 15) is 4.39 Å². The van der Waals surface area contributed by atoms with E-state index in [1.54, 1.807) is 11.3 Å². The summed E-state index contributed by atoms with van der Waals surface area (Å²) in [7, 11) is 0. The number of nitrogens with one attached hydrogen (secondary N) is 1. The SMILES string of the molecule is FCc1sc2c3c1CCC3CNCC2. The lowest BCUT2D eigenvalue weighted by molar-refractivity contribution is 0.489. The molecule has 1 nitrogen and oxygen atoms in total. The average molecular weight is 211 g/mol. The number of rotatable bonds is 1. The van der Waals surface area contributed by atoms with Gasteiger partial charge in [-0.15, -0.1) is 11.3 Å². The van der Waals surface area contributed by atoms with Crippen LogP contribution in [0.15, 0.2) is 0 Å². The molecule has 3 rings (SSSR count). The summed E-state index contributed by atoms with van der Waals surface area (Å²) in [5, 5.41) is 3.47. The highest BCUT2D eigenvalue weighted by Crippen LogP contribution is 2.43. The monoisotopic (exact) mass is 211 g/mol. The molecule has 3 heteroatoms. The predicted molar refractivity (Wildman–Crippen MR) is 56.8 cm³/mol. The van der Waals surface area contributed by atoms with E-state index in [1.165, 1.54) is 22.4 Å². The Morgan fingerprint density at radius 3 is 3.21 bits per heavy atom. The van der Waals surface area contributed by atoms with Crippen molar-refractivity contribution in [3.8, 4) is 0 Å². The highest BCUT2D eigenvalue weighted by atomic mass is 32.1. The van der Waals surface area contributed by atoms with E-state index in [-0.39, 0.29) is 6.67 Å². The first kappa shape index (κ1) is 8.86. The van der Waals surface area contributed by atoms with Crippen LogP contribution in [-0.4, -0.2) is 13.1 Å². The van der Waals surface area contributed by atoms with Gasteiger partial charge in [-0.05, 0) is 42.9 Å². The van der Waals surface area contributed by atoms with Gasteiger partial charge in [0.25, 0.3) is 0 Å². The van der Waals surface area contributed by atoms with Crippen LogP contribution in [0.1, 0.15) is 33.2 Å². The lowest BCUT2D eigenvalue weighted by Gasteiger charge is -2.07. The summed E-state index contributed by atoms with van der Waals surface area (Å²) in [4.78, 5) is 2.47. The second kappa shape index (κ2) is 3.31. The summed E-state index contributed by atoms with van der Waals surface area (Å²) in [6.45, 7) is 1.91. The first-order chi connectivity index (χ1) is 6.90. The summed E-state index contributed by atoms with van der Waals surface area (Å²) in [5.74, 6) is 0.680. The fourth-order valence-electron chi connectivity index (χ4n) is 2.77. The van der Waals surface area contributed by atoms with Gasteiger partial charge >= 0.3 is 0 Å². The number of thiophene rings is 1. The highest BCUT2D eigenvalue weighted by molar-refractivity contribution is 7.12. The third-order valence-corrected chi connectivity index (χ3v) is 4.67. The van der Waals surface area contributed by atoms with Crippen LogP contribution in [-0.2, 0) is 19.5 Å². The highest BCUT2D eigenvalue weighted by Gasteiger charge is 2.31. The molecule has 0 radical (unpaired) electrons. The molecular weight excluding hydrogens is 197 g/mol. The fourth-order valence-corrected chi connectivity index (χ4v) is 4.06. The lowest BCUT2D eigenvalue weighted by atomic mass is 10.0. The summed E-state index contributed by atoms with van der Waals surface area (Å²) in [5.41, 5.74) is 2.88. The first-order valence-corrected chi connectivity index (χ1v) is 6.11. The van der Waals surface area contributed by atoms with Crippen molar-refractivity contribution in [2.45, 2.75) is 31.9 Å². The minimum absolute atomic E-state index is 0.257. The van der Waals surface area contributed by atoms with E-state index in [4.69, 9.17) is 0 Å². The molecule has 0 amide bonds. The molecule has 0 bridgehead atoms. The predicted octanol–water partition coefficient (Wildman–Crippen LogP) is 2.39. The molecule has 1 atom stereocenters. The van der Waals surface area contributed by atoms with Crippen molar-refractivity contribution < 1.29 is 4.39 Å². The molecular formula is C11H14FNS. The van der Waals surface area contributed by atoms with E-state index in [2.05, 4.69) is 5.32 Å². The van der Waals surface area contributed by atoms with Crippen molar-refractivity contribution in [2.24, 2.45) is 0 Å². The van der Waals surface area contributed by atoms with Gasteiger partial charge in [0, 0.05) is 16.3 Å². The van der Waals surface area contributed by atoms with Crippen LogP contribution in [0.4, 0.5) is 4.39 Å². The Morgan fingerprint density at radius 2 is 2.36 bits per heavy atom. The Kier molecular flexibility index (Phi) is 2.10. The molecule has 0 aromatic carbocycles. The summed E-state index contributed by atoms with van der Waals surface area (Å²) < 4.78 is 12.8. The van der Waals surface area contributed by atoms with Crippen molar-refractivity contribution in [2.75, 3.05) is 13.1 Å². The Bertz CT molecular complexity index is 358. The number of hydrogen-bond donors (Lipinski definition) is 1. The van der Waals surface area contributed by atoms with Gasteiger partial charge in [-0.2, -0.15) is 0 Å². The molecule has 1 N–H and O–H groups in total. The molecule has 1 aromatic heterocycles. The maximum absolute atomic E-state index is 12.8. The van der Waals surface area contributed by atoms with Crippen molar-refractivity contribution in [3.63, 3.8) is 0 Å². The van der Waals surface area contributed by atoms with Gasteiger partial charge in [0.05, 0.1) is 0 Å². The van der Waals surface area contributed by atoms with Gasteiger partial charge in [-0.1, -0.05) is 0 Å². The lowest BCUT2D eigenvalue weighted by Crippen LogP contribution is -2.19. The Hall–Kier alpha value is -0.410. The molecule has 76 valence electrons. The van der Waals surface area contributed by atoms with Gasteiger partial charge in [-0.3, -0.25) is 0 Å². The molecule has 1 aliphatic heterocycles. The molecule has 0 saturated heterocycles. The van der Waals surface area contributed by atoms with Gasteiger partial charge in [-0.25, -0.2) is 4.39 Å². The summed E-state index contributed by atoms with van der Waals surface area (Å²) in [6.07, 6.45) is 3.44. The topological polar surface area (TPSA) is 12.0 Å². The third kappa shape index (κ3) is 1.15. The largest absolute Gasteiger partial charge is 0.316 e. The smallest absolute Gasteiger partial charge is 0.124 e. The third-order valence-electron chi connectivity index (χ3n) is 3.40. The van der Waals surface area contributed by atoms with E-state index < -0.39 is 0 Å². The van der Waals surface area contributed by atoms with Crippen LogP contribution in [0.25, 0.3) is 0 Å². The first-order valence-electron chi connectivity index (χ1n) is 5.30. The van der Waals surface area contributed by atoms with Gasteiger partial charge in [0.15, 0.2) is 0 Å². The molecule has 0 fully saturated rings. The van der Waals surface area contributed by atoms with Crippen LogP contribution in [0.3, 0.4) is 0 Å². The number of alkyl halides is 1. The minimum Gasteiger partial charge on any atom is -0.316 e. The zero-order valence-electron chi connectivity index (χ0n) is 8.11. The van der Waals surface area contributed by atoms with Gasteiger partial charge in [0.2, 0.25) is 0 Å². The van der Waals surface area contributed by atoms with Gasteiger partial charge in [0.1, 0.15) is 6.67 Å². The second-order valence-corrected chi connectivity index (χ2v) is 5.35. The molecule has 2 aliphatic rings. The molecule has 0 saturated carbocycles. The number of hydrogen-bond acceptors (Lipinski definition) is 2. The Balaban J connectivity index is 2.12. The van der Waals surface area contributed by atoms with E-state index in [1.807, 2.05) is 0 Å². The minimum atomic E-state index is -0.257. The van der Waals surface area contributed by atoms with Crippen molar-refractivity contribution in [1.82, 2.24) is 5.32 Å². The van der Waals surface area contributed by atoms with Crippen LogP contribution in [0.5, 0.6) is 0 Å². The summed E-state index contributed by atoms with van der Waals surface area (Å²) >= 11 is 1.72. The van der Waals surface area contributed by atoms with E-state index in [0.717, 1.165) is 30.8 Å². The van der Waals surface area contributed by atoms with Crippen LogP contribution in [0.2, 0.25) is 0 Å². The molecule has 1 unspecified atom stereocenters. The molecule has 1 aliphatic carbocycles. The van der Waals surface area contributed by atoms with Crippen molar-refractivity contribution >= 4 is 11.3 Å². The van der Waals surface area contributed by atoms with Crippen LogP contribution >= 0.6 is 11.3 Å². The zero-order chi connectivity index (χ0) is 9.54. The van der Waals surface area contributed by atoms with E-state index >= 15 is 0 Å². The van der Waals surface area contributed by atoms with Crippen LogP contribution in [0, 0.1) is 0 Å². The Labute approximate surface area is 87.3 Å². The Morgan fingerprint density at radius 1 is 1.43 bits per heavy atom. The molecule has 0 spiro atoms. The number of halogens is 1. The van der Waals surface area contributed by atoms with Crippen LogP contribution < -0.4 is 5.32 Å². The normalized spacial score (nSPS) is 24.8. The standard InChI is InChI=1S/C11H14FNS/c12-5-10-8-2-1-7-6-13-4-3-9(14-10)11(7)8/h7,13H,1-6H2. The second-order valence-electron chi connectivity index (χ2n) is 4.16. The van der Waals surface area contributed by atoms with Gasteiger partial charge < -0.3 is 5.32 Å². The molecule has 2 heterocycles. The van der Waals surface area contributed by atoms with Crippen molar-refractivity contribution in [1.29, 1.82) is 0 Å². The molecule has 14 heavy (non-hydrogen) atoms. The zero-order valence-corrected chi connectivity index (χ0v) is 8.92. The quantitative estimate of drug-likeness (QED) is 0.752. The average Bonchev–Trinajstić information content (AvgIpc) is 2.68. The molecule has 1 aromatic rings. The maximum atomic E-state index is 12.8. The summed E-state index contributed by atoms with van der Waals surface area (Å²) in [6, 6.07) is 0. The fraction of sp³-hybridized carbons (Fsp3) is 0.636. The van der Waals surface area contributed by atoms with E-state index in [0.29, 0.717) is 5.92 Å². The maximum Gasteiger partial charge on any atom is 0.124 e.